The van der Waals surface area contributed by atoms with E-state index < -0.39 is 25.3 Å². The van der Waals surface area contributed by atoms with E-state index in [4.69, 9.17) is 18.2 Å². The summed E-state index contributed by atoms with van der Waals surface area (Å²) in [5.74, 6) is 0.0171. The molecule has 1 fully saturated rings. The van der Waals surface area contributed by atoms with Gasteiger partial charge in [0.05, 0.1) is 18.3 Å². The number of rotatable bonds is 2. The standard InChI is InChI=1S/C10H18BN3O3/c1-9(2)10(3,4)17-11(16-9)7-8(15-6)14(5)13-12-7/h1-6H3/i5D3. The Kier molecular flexibility index (Phi) is 1.95. The highest BCUT2D eigenvalue weighted by Gasteiger charge is 2.54. The van der Waals surface area contributed by atoms with E-state index in [0.717, 1.165) is 4.68 Å². The van der Waals surface area contributed by atoms with Gasteiger partial charge >= 0.3 is 7.12 Å². The van der Waals surface area contributed by atoms with Gasteiger partial charge in [0.25, 0.3) is 0 Å². The molecule has 0 N–H and O–H groups in total. The van der Waals surface area contributed by atoms with Crippen LogP contribution in [0.5, 0.6) is 5.88 Å². The van der Waals surface area contributed by atoms with E-state index in [1.807, 2.05) is 27.7 Å². The second-order valence-electron chi connectivity index (χ2n) is 4.98. The molecule has 2 heterocycles. The quantitative estimate of drug-likeness (QED) is 0.689. The molecule has 0 aliphatic carbocycles. The molecule has 0 atom stereocenters. The molecule has 0 radical (unpaired) electrons. The van der Waals surface area contributed by atoms with E-state index in [-0.39, 0.29) is 11.5 Å². The number of hydrogen-bond donors (Lipinski definition) is 0. The molecular formula is C10H18BN3O3. The van der Waals surface area contributed by atoms with Crippen LogP contribution in [-0.2, 0) is 16.3 Å². The summed E-state index contributed by atoms with van der Waals surface area (Å²) in [6.45, 7) is 5.11. The fourth-order valence-electron chi connectivity index (χ4n) is 1.58. The molecule has 17 heavy (non-hydrogen) atoms. The lowest BCUT2D eigenvalue weighted by atomic mass is 9.85. The highest BCUT2D eigenvalue weighted by atomic mass is 16.7. The van der Waals surface area contributed by atoms with Gasteiger partial charge in [-0.15, -0.1) is 5.10 Å². The van der Waals surface area contributed by atoms with Gasteiger partial charge in [-0.1, -0.05) is 5.21 Å². The van der Waals surface area contributed by atoms with Gasteiger partial charge < -0.3 is 14.0 Å². The lowest BCUT2D eigenvalue weighted by Gasteiger charge is -2.32. The zero-order valence-electron chi connectivity index (χ0n) is 13.6. The topological polar surface area (TPSA) is 58.4 Å². The zero-order valence-corrected chi connectivity index (χ0v) is 10.6. The minimum Gasteiger partial charge on any atom is -0.480 e. The number of nitrogens with zero attached hydrogens (tertiary/aromatic N) is 3. The summed E-state index contributed by atoms with van der Waals surface area (Å²) in [5, 5.41) is 7.46. The van der Waals surface area contributed by atoms with Crippen molar-refractivity contribution in [3.05, 3.63) is 0 Å². The summed E-state index contributed by atoms with van der Waals surface area (Å²) in [6, 6.07) is 0. The normalized spacial score (nSPS) is 25.2. The lowest BCUT2D eigenvalue weighted by Crippen LogP contribution is -2.41. The van der Waals surface area contributed by atoms with E-state index in [0.29, 0.717) is 0 Å². The maximum atomic E-state index is 7.39. The predicted octanol–water partition coefficient (Wildman–Crippen LogP) is 0.123. The molecule has 2 rings (SSSR count). The largest absolute Gasteiger partial charge is 0.522 e. The summed E-state index contributed by atoms with van der Waals surface area (Å²) < 4.78 is 39.7. The molecule has 6 nitrogen and oxygen atoms in total. The maximum Gasteiger partial charge on any atom is 0.522 e. The van der Waals surface area contributed by atoms with Crippen LogP contribution in [0.3, 0.4) is 0 Å². The first-order valence-electron chi connectivity index (χ1n) is 6.85. The highest BCUT2D eigenvalue weighted by molar-refractivity contribution is 6.62. The monoisotopic (exact) mass is 242 g/mol. The first kappa shape index (κ1) is 8.94. The molecule has 1 aromatic rings. The zero-order chi connectivity index (χ0) is 15.3. The fourth-order valence-corrected chi connectivity index (χ4v) is 1.58. The van der Waals surface area contributed by atoms with Crippen molar-refractivity contribution < 1.29 is 18.2 Å². The predicted molar refractivity (Wildman–Crippen MR) is 63.3 cm³/mol. The van der Waals surface area contributed by atoms with Crippen molar-refractivity contribution in [2.45, 2.75) is 38.9 Å². The molecule has 0 unspecified atom stereocenters. The van der Waals surface area contributed by atoms with Crippen molar-refractivity contribution in [2.75, 3.05) is 7.11 Å². The molecule has 94 valence electrons. The summed E-state index contributed by atoms with van der Waals surface area (Å²) in [5.41, 5.74) is -0.874. The van der Waals surface area contributed by atoms with Crippen LogP contribution in [0, 0.1) is 0 Å². The molecule has 0 saturated carbocycles. The van der Waals surface area contributed by atoms with Gasteiger partial charge in [0, 0.05) is 11.1 Å². The van der Waals surface area contributed by atoms with Crippen LogP contribution in [-0.4, -0.2) is 40.4 Å². The summed E-state index contributed by atoms with van der Waals surface area (Å²) in [6.07, 6.45) is 0. The van der Waals surface area contributed by atoms with Gasteiger partial charge in [0.2, 0.25) is 5.88 Å². The Labute approximate surface area is 106 Å². The molecule has 7 heteroatoms. The number of aryl methyl sites for hydroxylation is 1. The Bertz CT molecular complexity index is 500. The maximum absolute atomic E-state index is 7.39. The number of ether oxygens (including phenoxy) is 1. The second kappa shape index (κ2) is 3.71. The van der Waals surface area contributed by atoms with Crippen LogP contribution in [0.15, 0.2) is 0 Å². The highest BCUT2D eigenvalue weighted by Crippen LogP contribution is 2.36. The van der Waals surface area contributed by atoms with Gasteiger partial charge in [-0.2, -0.15) is 0 Å². The third kappa shape index (κ3) is 1.83. The minimum atomic E-state index is -2.47. The summed E-state index contributed by atoms with van der Waals surface area (Å²) >= 11 is 0. The molecule has 1 saturated heterocycles. The molecule has 0 amide bonds. The third-order valence-electron chi connectivity index (χ3n) is 3.32. The van der Waals surface area contributed by atoms with E-state index in [1.165, 1.54) is 7.11 Å². The van der Waals surface area contributed by atoms with Crippen LogP contribution in [0.2, 0.25) is 0 Å². The van der Waals surface area contributed by atoms with Crippen LogP contribution >= 0.6 is 0 Å². The third-order valence-corrected chi connectivity index (χ3v) is 3.32. The van der Waals surface area contributed by atoms with E-state index in [1.54, 1.807) is 0 Å². The SMILES string of the molecule is [2H]C([2H])([2H])n1nnc(B2OC(C)(C)C(C)(C)O2)c1OC. The average molecular weight is 242 g/mol. The van der Waals surface area contributed by atoms with Crippen LogP contribution < -0.4 is 10.3 Å². The van der Waals surface area contributed by atoms with Gasteiger partial charge in [-0.05, 0) is 27.7 Å². The first-order chi connectivity index (χ1) is 8.99. The van der Waals surface area contributed by atoms with Crippen molar-refractivity contribution >= 4 is 12.7 Å². The van der Waals surface area contributed by atoms with E-state index >= 15 is 0 Å². The Morgan fingerprint density at radius 2 is 1.88 bits per heavy atom. The smallest absolute Gasteiger partial charge is 0.480 e. The molecule has 0 aromatic carbocycles. The Morgan fingerprint density at radius 1 is 1.29 bits per heavy atom. The first-order valence-corrected chi connectivity index (χ1v) is 5.35. The van der Waals surface area contributed by atoms with Crippen molar-refractivity contribution in [3.63, 3.8) is 0 Å². The van der Waals surface area contributed by atoms with Crippen molar-refractivity contribution in [2.24, 2.45) is 6.98 Å². The van der Waals surface area contributed by atoms with Gasteiger partial charge in [0.15, 0.2) is 5.59 Å². The summed E-state index contributed by atoms with van der Waals surface area (Å²) in [4.78, 5) is 0. The van der Waals surface area contributed by atoms with Gasteiger partial charge in [-0.3, -0.25) is 0 Å². The van der Waals surface area contributed by atoms with Gasteiger partial charge in [0.1, 0.15) is 0 Å². The molecule has 0 spiro atoms. The van der Waals surface area contributed by atoms with Gasteiger partial charge in [-0.25, -0.2) is 4.68 Å². The van der Waals surface area contributed by atoms with Crippen molar-refractivity contribution in [1.82, 2.24) is 15.0 Å². The van der Waals surface area contributed by atoms with Crippen LogP contribution in [0.25, 0.3) is 0 Å². The minimum absolute atomic E-state index is 0.0171. The Hall–Kier alpha value is -1.08. The number of aromatic nitrogens is 3. The Balaban J connectivity index is 2.39. The van der Waals surface area contributed by atoms with Crippen LogP contribution in [0.1, 0.15) is 31.8 Å². The second-order valence-corrected chi connectivity index (χ2v) is 4.98. The molecule has 0 bridgehead atoms. The molecular weight excluding hydrogens is 221 g/mol. The number of hydrogen-bond acceptors (Lipinski definition) is 5. The molecule has 1 aromatic heterocycles. The molecule has 1 aliphatic rings. The van der Waals surface area contributed by atoms with Crippen molar-refractivity contribution in [3.8, 4) is 5.88 Å². The van der Waals surface area contributed by atoms with Crippen molar-refractivity contribution in [1.29, 1.82) is 0 Å². The average Bonchev–Trinajstić information content (AvgIpc) is 2.77. The fraction of sp³-hybridized carbons (Fsp3) is 0.800. The van der Waals surface area contributed by atoms with Crippen LogP contribution in [0.4, 0.5) is 0 Å². The molecule has 1 aliphatic heterocycles. The number of methoxy groups -OCH3 is 1. The van der Waals surface area contributed by atoms with E-state index in [2.05, 4.69) is 10.3 Å². The van der Waals surface area contributed by atoms with E-state index in [9.17, 15) is 0 Å². The summed E-state index contributed by atoms with van der Waals surface area (Å²) in [7, 11) is 0.543. The Morgan fingerprint density at radius 3 is 2.35 bits per heavy atom. The lowest BCUT2D eigenvalue weighted by molar-refractivity contribution is 0.00578.